The zero-order valence-corrected chi connectivity index (χ0v) is 24.7. The van der Waals surface area contributed by atoms with Crippen molar-refractivity contribution in [3.63, 3.8) is 0 Å². The molecule has 0 radical (unpaired) electrons. The average Bonchev–Trinajstić information content (AvgIpc) is 3.00. The van der Waals surface area contributed by atoms with Crippen molar-refractivity contribution >= 4 is 34.1 Å². The zero-order valence-electron chi connectivity index (χ0n) is 24.7. The van der Waals surface area contributed by atoms with Gasteiger partial charge in [-0.3, -0.25) is 14.9 Å². The van der Waals surface area contributed by atoms with Gasteiger partial charge in [0.15, 0.2) is 0 Å². The number of rotatable bonds is 12. The summed E-state index contributed by atoms with van der Waals surface area (Å²) in [5.41, 5.74) is 2.26. The van der Waals surface area contributed by atoms with E-state index < -0.39 is 30.3 Å². The Morgan fingerprint density at radius 3 is 2.49 bits per heavy atom. The molecule has 0 saturated carbocycles. The lowest BCUT2D eigenvalue weighted by atomic mass is 9.97. The second-order valence-electron chi connectivity index (χ2n) is 10.5. The van der Waals surface area contributed by atoms with E-state index in [0.29, 0.717) is 16.5 Å². The first-order chi connectivity index (χ1) is 21.3. The summed E-state index contributed by atoms with van der Waals surface area (Å²) in [5, 5.41) is 6.52. The molecule has 4 aromatic rings. The van der Waals surface area contributed by atoms with Gasteiger partial charge in [0.05, 0.1) is 13.2 Å². The van der Waals surface area contributed by atoms with Gasteiger partial charge in [-0.05, 0) is 59.8 Å². The molecule has 1 aromatic heterocycles. The highest BCUT2D eigenvalue weighted by Gasteiger charge is 2.44. The van der Waals surface area contributed by atoms with Crippen LogP contribution < -0.4 is 20.9 Å². The maximum atomic E-state index is 13.8. The molecule has 0 aliphatic heterocycles. The molecule has 45 heavy (non-hydrogen) atoms. The molecule has 0 aliphatic rings. The van der Waals surface area contributed by atoms with E-state index >= 15 is 0 Å². The molecular weight excluding hydrogens is 596 g/mol. The van der Waals surface area contributed by atoms with Gasteiger partial charge in [-0.15, -0.1) is 0 Å². The van der Waals surface area contributed by atoms with Crippen LogP contribution in [0.3, 0.4) is 0 Å². The monoisotopic (exact) mass is 628 g/mol. The molecular formula is C32H32F4N4O5. The van der Waals surface area contributed by atoms with Crippen molar-refractivity contribution in [3.05, 3.63) is 100.0 Å². The summed E-state index contributed by atoms with van der Waals surface area (Å²) < 4.78 is 63.2. The second kappa shape index (κ2) is 14.1. The second-order valence-corrected chi connectivity index (χ2v) is 10.5. The number of aromatic nitrogens is 1. The van der Waals surface area contributed by atoms with Crippen molar-refractivity contribution in [2.24, 2.45) is 0 Å². The highest BCUT2D eigenvalue weighted by molar-refractivity contribution is 5.87. The number of aromatic amines is 1. The van der Waals surface area contributed by atoms with Gasteiger partial charge < -0.3 is 24.7 Å². The molecule has 0 spiro atoms. The van der Waals surface area contributed by atoms with Crippen molar-refractivity contribution < 1.29 is 36.6 Å². The third-order valence-corrected chi connectivity index (χ3v) is 7.04. The van der Waals surface area contributed by atoms with Gasteiger partial charge >= 0.3 is 18.6 Å². The van der Waals surface area contributed by atoms with Gasteiger partial charge in [0.2, 0.25) is 5.91 Å². The van der Waals surface area contributed by atoms with Crippen LogP contribution in [-0.2, 0) is 16.1 Å². The van der Waals surface area contributed by atoms with Crippen molar-refractivity contribution in [2.45, 2.75) is 38.8 Å². The van der Waals surface area contributed by atoms with Crippen LogP contribution in [0.1, 0.15) is 29.5 Å². The zero-order chi connectivity index (χ0) is 32.7. The third kappa shape index (κ3) is 8.52. The maximum absolute atomic E-state index is 13.8. The molecule has 0 aliphatic carbocycles. The largest absolute Gasteiger partial charge is 0.461 e. The minimum atomic E-state index is -4.80. The number of carbonyl (C=O) groups is 2. The molecule has 13 heteroatoms. The molecule has 0 bridgehead atoms. The Morgan fingerprint density at radius 2 is 1.76 bits per heavy atom. The fourth-order valence-electron chi connectivity index (χ4n) is 4.61. The van der Waals surface area contributed by atoms with Gasteiger partial charge in [-0.2, -0.15) is 17.6 Å². The summed E-state index contributed by atoms with van der Waals surface area (Å²) >= 11 is 0. The highest BCUT2D eigenvalue weighted by atomic mass is 19.3. The Labute approximate surface area is 256 Å². The molecule has 0 fully saturated rings. The topological polar surface area (TPSA) is 113 Å². The summed E-state index contributed by atoms with van der Waals surface area (Å²) in [6.45, 7) is 3.32. The molecule has 1 unspecified atom stereocenters. The molecule has 9 nitrogen and oxygen atoms in total. The number of H-pyrrole nitrogens is 1. The van der Waals surface area contributed by atoms with Crippen LogP contribution in [0, 0.1) is 6.92 Å². The van der Waals surface area contributed by atoms with E-state index in [1.54, 1.807) is 24.3 Å². The van der Waals surface area contributed by atoms with Crippen molar-refractivity contribution in [3.8, 4) is 5.75 Å². The summed E-state index contributed by atoms with van der Waals surface area (Å²) in [7, 11) is 1.38. The van der Waals surface area contributed by atoms with Gasteiger partial charge in [-0.25, -0.2) is 4.79 Å². The fourth-order valence-corrected chi connectivity index (χ4v) is 4.61. The van der Waals surface area contributed by atoms with E-state index in [2.05, 4.69) is 20.4 Å². The number of nitrogens with one attached hydrogen (secondary N) is 3. The van der Waals surface area contributed by atoms with Crippen LogP contribution in [0.25, 0.3) is 10.8 Å². The number of alkyl halides is 4. The van der Waals surface area contributed by atoms with Gasteiger partial charge in [0, 0.05) is 48.0 Å². The van der Waals surface area contributed by atoms with E-state index in [0.717, 1.165) is 22.1 Å². The number of aryl methyl sites for hydroxylation is 1. The highest BCUT2D eigenvalue weighted by Crippen LogP contribution is 2.32. The fraction of sp³-hybridized carbons (Fsp3) is 0.281. The third-order valence-electron chi connectivity index (χ3n) is 7.04. The minimum Gasteiger partial charge on any atom is -0.449 e. The number of carbonyl (C=O) groups excluding carboxylic acids is 2. The number of hydrogen-bond donors (Lipinski definition) is 3. The number of pyridine rings is 1. The van der Waals surface area contributed by atoms with Crippen LogP contribution in [0.5, 0.6) is 5.75 Å². The predicted molar refractivity (Wildman–Crippen MR) is 162 cm³/mol. The molecule has 0 saturated heterocycles. The Morgan fingerprint density at radius 1 is 1.02 bits per heavy atom. The molecule has 3 N–H and O–H groups in total. The van der Waals surface area contributed by atoms with Gasteiger partial charge in [0.25, 0.3) is 5.56 Å². The Bertz CT molecular complexity index is 1730. The van der Waals surface area contributed by atoms with Crippen LogP contribution in [0.15, 0.2) is 77.7 Å². The lowest BCUT2D eigenvalue weighted by molar-refractivity contribution is -0.253. The number of likely N-dealkylation sites (N-methyl/N-ethyl adjacent to an activating group) is 1. The summed E-state index contributed by atoms with van der Waals surface area (Å²) in [6.07, 6.45) is -8.21. The average molecular weight is 629 g/mol. The number of hydrogen-bond acceptors (Lipinski definition) is 6. The van der Waals surface area contributed by atoms with E-state index in [-0.39, 0.29) is 42.4 Å². The van der Waals surface area contributed by atoms with E-state index in [1.807, 2.05) is 38.1 Å². The van der Waals surface area contributed by atoms with Crippen molar-refractivity contribution in [1.82, 2.24) is 9.88 Å². The normalized spacial score (nSPS) is 12.1. The van der Waals surface area contributed by atoms with Crippen LogP contribution in [-0.4, -0.2) is 54.6 Å². The number of benzene rings is 3. The van der Waals surface area contributed by atoms with Crippen molar-refractivity contribution in [2.75, 3.05) is 30.8 Å². The van der Waals surface area contributed by atoms with Crippen LogP contribution in [0.2, 0.25) is 0 Å². The first kappa shape index (κ1) is 32.8. The first-order valence-corrected chi connectivity index (χ1v) is 13.9. The number of nitrogens with zero attached hydrogens (tertiary/aromatic N) is 1. The standard InChI is InChI=1S/C32H32F4N4O5/c1-19-6-4-5-7-25(19)20(2)18-44-31(43)39-24-10-11-27(45-32(35,36)30(33)34)22(14-24)17-40(3)28(41)16-38-23-9-8-21-12-13-37-29(42)26(21)15-23/h4-15,20,30,38H,16-18H2,1-3H3,(H,37,42)(H,39,43). The number of ether oxygens (including phenoxy) is 2. The Hall–Kier alpha value is -5.07. The maximum Gasteiger partial charge on any atom is 0.461 e. The molecule has 1 atom stereocenters. The van der Waals surface area contributed by atoms with E-state index in [4.69, 9.17) is 4.74 Å². The Balaban J connectivity index is 1.44. The summed E-state index contributed by atoms with van der Waals surface area (Å²) in [6, 6.07) is 17.8. The Kier molecular flexibility index (Phi) is 10.3. The molecule has 1 heterocycles. The van der Waals surface area contributed by atoms with Crippen LogP contribution >= 0.6 is 0 Å². The smallest absolute Gasteiger partial charge is 0.449 e. The number of fused-ring (bicyclic) bond motifs is 1. The lowest BCUT2D eigenvalue weighted by Crippen LogP contribution is -2.35. The van der Waals surface area contributed by atoms with E-state index in [9.17, 15) is 31.9 Å². The number of halogens is 4. The number of amides is 2. The van der Waals surface area contributed by atoms with Crippen molar-refractivity contribution in [1.29, 1.82) is 0 Å². The molecule has 3 aromatic carbocycles. The molecule has 238 valence electrons. The molecule has 4 rings (SSSR count). The SMILES string of the molecule is Cc1ccccc1C(C)COC(=O)Nc1ccc(OC(F)(F)C(F)F)c(CN(C)C(=O)CNc2ccc3cc[nH]c(=O)c3c2)c1. The molecule has 2 amide bonds. The lowest BCUT2D eigenvalue weighted by Gasteiger charge is -2.23. The predicted octanol–water partition coefficient (Wildman–Crippen LogP) is 6.50. The minimum absolute atomic E-state index is 0.0567. The van der Waals surface area contributed by atoms with E-state index in [1.165, 1.54) is 25.4 Å². The van der Waals surface area contributed by atoms with Crippen LogP contribution in [0.4, 0.5) is 33.7 Å². The summed E-state index contributed by atoms with van der Waals surface area (Å²) in [4.78, 5) is 41.2. The quantitative estimate of drug-likeness (QED) is 0.155. The number of anilines is 2. The van der Waals surface area contributed by atoms with Gasteiger partial charge in [0.1, 0.15) is 5.75 Å². The van der Waals surface area contributed by atoms with Gasteiger partial charge in [-0.1, -0.05) is 37.3 Å². The first-order valence-electron chi connectivity index (χ1n) is 13.9. The summed E-state index contributed by atoms with van der Waals surface area (Å²) in [5.74, 6) is -1.20.